The summed E-state index contributed by atoms with van der Waals surface area (Å²) < 4.78 is 32.8. The SMILES string of the molecule is C=CCNS(=O)(=O)c1ccc(NC(=O)c2ccc(OCCCC)c(Br)c2)cc1. The number of amides is 1. The minimum absolute atomic E-state index is 0.115. The van der Waals surface area contributed by atoms with Crippen LogP contribution in [0, 0.1) is 0 Å². The van der Waals surface area contributed by atoms with Gasteiger partial charge in [-0.3, -0.25) is 4.79 Å². The van der Waals surface area contributed by atoms with E-state index in [0.717, 1.165) is 12.8 Å². The fourth-order valence-electron chi connectivity index (χ4n) is 2.26. The summed E-state index contributed by atoms with van der Waals surface area (Å²) in [5.41, 5.74) is 0.950. The van der Waals surface area contributed by atoms with Crippen LogP contribution in [0.2, 0.25) is 0 Å². The third kappa shape index (κ3) is 6.19. The van der Waals surface area contributed by atoms with Gasteiger partial charge in [-0.05, 0) is 64.8 Å². The van der Waals surface area contributed by atoms with E-state index in [0.29, 0.717) is 28.1 Å². The van der Waals surface area contributed by atoms with Gasteiger partial charge in [-0.25, -0.2) is 13.1 Å². The molecule has 0 unspecified atom stereocenters. The van der Waals surface area contributed by atoms with E-state index in [2.05, 4.69) is 39.5 Å². The van der Waals surface area contributed by atoms with Crippen molar-refractivity contribution >= 4 is 37.5 Å². The maximum Gasteiger partial charge on any atom is 0.255 e. The maximum absolute atomic E-state index is 12.4. The highest BCUT2D eigenvalue weighted by molar-refractivity contribution is 9.10. The number of hydrogen-bond donors (Lipinski definition) is 2. The van der Waals surface area contributed by atoms with Crippen molar-refractivity contribution in [2.75, 3.05) is 18.5 Å². The van der Waals surface area contributed by atoms with Crippen LogP contribution in [0.25, 0.3) is 0 Å². The number of anilines is 1. The Kier molecular flexibility index (Phi) is 8.22. The molecule has 0 aliphatic heterocycles. The summed E-state index contributed by atoms with van der Waals surface area (Å²) in [6.07, 6.45) is 3.47. The van der Waals surface area contributed by atoms with Crippen LogP contribution in [-0.2, 0) is 10.0 Å². The first-order chi connectivity index (χ1) is 13.4. The standard InChI is InChI=1S/C20H23BrN2O4S/c1-3-5-13-27-19-11-6-15(14-18(19)21)20(24)23-16-7-9-17(10-8-16)28(25,26)22-12-4-2/h4,6-11,14,22H,2-3,5,12-13H2,1H3,(H,23,24). The van der Waals surface area contributed by atoms with Crippen molar-refractivity contribution in [3.63, 3.8) is 0 Å². The van der Waals surface area contributed by atoms with E-state index in [1.807, 2.05) is 0 Å². The second-order valence-electron chi connectivity index (χ2n) is 5.97. The highest BCUT2D eigenvalue weighted by Gasteiger charge is 2.14. The van der Waals surface area contributed by atoms with Crippen LogP contribution >= 0.6 is 15.9 Å². The molecule has 0 atom stereocenters. The Morgan fingerprint density at radius 3 is 2.54 bits per heavy atom. The van der Waals surface area contributed by atoms with Gasteiger partial charge in [0.2, 0.25) is 10.0 Å². The Balaban J connectivity index is 2.04. The lowest BCUT2D eigenvalue weighted by atomic mass is 10.2. The van der Waals surface area contributed by atoms with Gasteiger partial charge < -0.3 is 10.1 Å². The number of ether oxygens (including phenoxy) is 1. The van der Waals surface area contributed by atoms with E-state index in [-0.39, 0.29) is 17.3 Å². The molecule has 2 aromatic rings. The van der Waals surface area contributed by atoms with Crippen LogP contribution in [0.5, 0.6) is 5.75 Å². The van der Waals surface area contributed by atoms with Crippen molar-refractivity contribution in [2.45, 2.75) is 24.7 Å². The number of halogens is 1. The third-order valence-electron chi connectivity index (χ3n) is 3.79. The molecule has 0 saturated carbocycles. The second kappa shape index (κ2) is 10.4. The van der Waals surface area contributed by atoms with E-state index < -0.39 is 10.0 Å². The number of carbonyl (C=O) groups excluding carboxylic acids is 1. The van der Waals surface area contributed by atoms with Crippen LogP contribution in [-0.4, -0.2) is 27.5 Å². The van der Waals surface area contributed by atoms with Crippen LogP contribution in [0.15, 0.2) is 64.5 Å². The summed E-state index contributed by atoms with van der Waals surface area (Å²) in [6, 6.07) is 11.1. The van der Waals surface area contributed by atoms with Gasteiger partial charge in [0.1, 0.15) is 5.75 Å². The first-order valence-corrected chi connectivity index (χ1v) is 11.1. The van der Waals surface area contributed by atoms with Crippen LogP contribution in [0.3, 0.4) is 0 Å². The first kappa shape index (κ1) is 22.1. The molecule has 150 valence electrons. The van der Waals surface area contributed by atoms with Crippen LogP contribution in [0.1, 0.15) is 30.1 Å². The molecule has 1 amide bonds. The van der Waals surface area contributed by atoms with Crippen molar-refractivity contribution in [1.82, 2.24) is 4.72 Å². The predicted molar refractivity (Wildman–Crippen MR) is 114 cm³/mol. The summed E-state index contributed by atoms with van der Waals surface area (Å²) in [5.74, 6) is 0.382. The fourth-order valence-corrected chi connectivity index (χ4v) is 3.75. The molecule has 0 aromatic heterocycles. The lowest BCUT2D eigenvalue weighted by Crippen LogP contribution is -2.23. The van der Waals surface area contributed by atoms with Gasteiger partial charge in [0, 0.05) is 17.8 Å². The van der Waals surface area contributed by atoms with Gasteiger partial charge in [-0.15, -0.1) is 6.58 Å². The Morgan fingerprint density at radius 2 is 1.93 bits per heavy atom. The topological polar surface area (TPSA) is 84.5 Å². The molecule has 2 N–H and O–H groups in total. The number of rotatable bonds is 10. The average Bonchev–Trinajstić information content (AvgIpc) is 2.68. The minimum Gasteiger partial charge on any atom is -0.492 e. The molecule has 2 rings (SSSR count). The lowest BCUT2D eigenvalue weighted by Gasteiger charge is -2.10. The maximum atomic E-state index is 12.4. The van der Waals surface area contributed by atoms with Gasteiger partial charge in [-0.1, -0.05) is 19.4 Å². The quantitative estimate of drug-likeness (QED) is 0.402. The summed E-state index contributed by atoms with van der Waals surface area (Å²) in [4.78, 5) is 12.6. The number of sulfonamides is 1. The van der Waals surface area contributed by atoms with Gasteiger partial charge in [-0.2, -0.15) is 0 Å². The van der Waals surface area contributed by atoms with Gasteiger partial charge in [0.15, 0.2) is 0 Å². The fraction of sp³-hybridized carbons (Fsp3) is 0.250. The summed E-state index contributed by atoms with van der Waals surface area (Å²) >= 11 is 3.42. The molecule has 0 aliphatic rings. The number of carbonyl (C=O) groups is 1. The average molecular weight is 467 g/mol. The van der Waals surface area contributed by atoms with Crippen molar-refractivity contribution < 1.29 is 17.9 Å². The number of hydrogen-bond acceptors (Lipinski definition) is 4. The first-order valence-electron chi connectivity index (χ1n) is 8.81. The predicted octanol–water partition coefficient (Wildman–Crippen LogP) is 4.34. The zero-order valence-corrected chi connectivity index (χ0v) is 18.0. The molecule has 0 bridgehead atoms. The van der Waals surface area contributed by atoms with Crippen LogP contribution in [0.4, 0.5) is 5.69 Å². The summed E-state index contributed by atoms with van der Waals surface area (Å²) in [5, 5.41) is 2.75. The normalized spacial score (nSPS) is 11.1. The molecule has 0 saturated heterocycles. The molecule has 2 aromatic carbocycles. The number of unbranched alkanes of at least 4 members (excludes halogenated alkanes) is 1. The molecule has 8 heteroatoms. The van der Waals surface area contributed by atoms with Crippen molar-refractivity contribution in [3.8, 4) is 5.75 Å². The number of benzene rings is 2. The lowest BCUT2D eigenvalue weighted by molar-refractivity contribution is 0.102. The van der Waals surface area contributed by atoms with E-state index in [1.165, 1.54) is 30.3 Å². The largest absolute Gasteiger partial charge is 0.492 e. The van der Waals surface area contributed by atoms with E-state index >= 15 is 0 Å². The molecule has 0 heterocycles. The van der Waals surface area contributed by atoms with E-state index in [1.54, 1.807) is 18.2 Å². The van der Waals surface area contributed by atoms with Crippen molar-refractivity contribution in [3.05, 3.63) is 65.2 Å². The highest BCUT2D eigenvalue weighted by atomic mass is 79.9. The molecule has 0 radical (unpaired) electrons. The summed E-state index contributed by atoms with van der Waals surface area (Å²) in [7, 11) is -3.59. The molecule has 28 heavy (non-hydrogen) atoms. The summed E-state index contributed by atoms with van der Waals surface area (Å²) in [6.45, 7) is 6.34. The molecular weight excluding hydrogens is 444 g/mol. The molecule has 6 nitrogen and oxygen atoms in total. The Morgan fingerprint density at radius 1 is 1.21 bits per heavy atom. The van der Waals surface area contributed by atoms with Crippen molar-refractivity contribution in [1.29, 1.82) is 0 Å². The molecule has 0 spiro atoms. The van der Waals surface area contributed by atoms with Gasteiger partial charge in [0.05, 0.1) is 16.0 Å². The van der Waals surface area contributed by atoms with E-state index in [9.17, 15) is 13.2 Å². The Labute approximate surface area is 174 Å². The zero-order chi connectivity index (χ0) is 20.6. The van der Waals surface area contributed by atoms with Crippen LogP contribution < -0.4 is 14.8 Å². The zero-order valence-electron chi connectivity index (χ0n) is 15.6. The Hall–Kier alpha value is -2.16. The smallest absolute Gasteiger partial charge is 0.255 e. The van der Waals surface area contributed by atoms with E-state index in [4.69, 9.17) is 4.74 Å². The molecule has 0 aliphatic carbocycles. The second-order valence-corrected chi connectivity index (χ2v) is 8.59. The monoisotopic (exact) mass is 466 g/mol. The minimum atomic E-state index is -3.59. The highest BCUT2D eigenvalue weighted by Crippen LogP contribution is 2.26. The van der Waals surface area contributed by atoms with Gasteiger partial charge in [0.25, 0.3) is 5.91 Å². The van der Waals surface area contributed by atoms with Gasteiger partial charge >= 0.3 is 0 Å². The molecule has 0 fully saturated rings. The van der Waals surface area contributed by atoms with Crippen molar-refractivity contribution in [2.24, 2.45) is 0 Å². The Bertz CT molecular complexity index is 928. The third-order valence-corrected chi connectivity index (χ3v) is 5.85. The molecular formula is C20H23BrN2O4S. The number of nitrogens with one attached hydrogen (secondary N) is 2.